The number of nitrogens with zero attached hydrogens (tertiary/aromatic N) is 3. The van der Waals surface area contributed by atoms with Gasteiger partial charge < -0.3 is 15.0 Å². The number of hydrogen-bond donors (Lipinski definition) is 1. The Bertz CT molecular complexity index is 504. The van der Waals surface area contributed by atoms with E-state index in [0.29, 0.717) is 31.9 Å². The van der Waals surface area contributed by atoms with Gasteiger partial charge in [-0.05, 0) is 25.8 Å². The van der Waals surface area contributed by atoms with Crippen molar-refractivity contribution >= 4 is 11.9 Å². The van der Waals surface area contributed by atoms with Gasteiger partial charge in [-0.25, -0.2) is 9.97 Å². The highest BCUT2D eigenvalue weighted by molar-refractivity contribution is 5.80. The summed E-state index contributed by atoms with van der Waals surface area (Å²) in [4.78, 5) is 22.2. The van der Waals surface area contributed by atoms with Gasteiger partial charge >= 0.3 is 6.18 Å². The Balaban J connectivity index is 1.74. The molecule has 6 nitrogen and oxygen atoms in total. The van der Waals surface area contributed by atoms with Crippen LogP contribution in [0.4, 0.5) is 19.1 Å². The zero-order valence-electron chi connectivity index (χ0n) is 12.7. The molecule has 0 spiro atoms. The Hall–Kier alpha value is -1.90. The predicted molar refractivity (Wildman–Crippen MR) is 76.9 cm³/mol. The van der Waals surface area contributed by atoms with Crippen molar-refractivity contribution in [1.29, 1.82) is 0 Å². The average Bonchev–Trinajstić information content (AvgIpc) is 2.53. The van der Waals surface area contributed by atoms with Crippen LogP contribution in [0.2, 0.25) is 0 Å². The Morgan fingerprint density at radius 2 is 2.00 bits per heavy atom. The standard InChI is InChI=1S/C14H19F3N4O2/c1-10(23-9-14(15,16)17)12(22)20-11-3-7-21(8-4-11)13-18-5-2-6-19-13/h2,5-6,10-11H,3-4,7-9H2,1H3,(H,20,22)/t10-/m0/s1. The van der Waals surface area contributed by atoms with E-state index in [0.717, 1.165) is 0 Å². The number of aromatic nitrogens is 2. The Labute approximate surface area is 132 Å². The zero-order chi connectivity index (χ0) is 16.9. The molecule has 1 atom stereocenters. The van der Waals surface area contributed by atoms with E-state index in [1.807, 2.05) is 4.90 Å². The van der Waals surface area contributed by atoms with Crippen molar-refractivity contribution in [2.24, 2.45) is 0 Å². The normalized spacial score (nSPS) is 17.8. The molecule has 2 heterocycles. The molecule has 0 aliphatic carbocycles. The van der Waals surface area contributed by atoms with Crippen LogP contribution in [0.25, 0.3) is 0 Å². The van der Waals surface area contributed by atoms with Crippen LogP contribution in [0.3, 0.4) is 0 Å². The van der Waals surface area contributed by atoms with Crippen molar-refractivity contribution in [1.82, 2.24) is 15.3 Å². The first-order valence-electron chi connectivity index (χ1n) is 7.36. The van der Waals surface area contributed by atoms with Crippen LogP contribution in [0.5, 0.6) is 0 Å². The van der Waals surface area contributed by atoms with Gasteiger partial charge in [0.2, 0.25) is 11.9 Å². The zero-order valence-corrected chi connectivity index (χ0v) is 12.7. The summed E-state index contributed by atoms with van der Waals surface area (Å²) in [5.74, 6) is 0.114. The van der Waals surface area contributed by atoms with Gasteiger partial charge in [-0.15, -0.1) is 0 Å². The van der Waals surface area contributed by atoms with Crippen LogP contribution in [-0.4, -0.2) is 53.9 Å². The fourth-order valence-electron chi connectivity index (χ4n) is 2.29. The highest BCUT2D eigenvalue weighted by Gasteiger charge is 2.30. The van der Waals surface area contributed by atoms with E-state index < -0.39 is 24.8 Å². The van der Waals surface area contributed by atoms with Crippen LogP contribution in [0, 0.1) is 0 Å². The molecule has 0 radical (unpaired) electrons. The van der Waals surface area contributed by atoms with Crippen LogP contribution in [0.15, 0.2) is 18.5 Å². The smallest absolute Gasteiger partial charge is 0.359 e. The third-order valence-electron chi connectivity index (χ3n) is 3.54. The SMILES string of the molecule is C[C@H](OCC(F)(F)F)C(=O)NC1CCN(c2ncccn2)CC1. The van der Waals surface area contributed by atoms with Crippen molar-refractivity contribution < 1.29 is 22.7 Å². The number of nitrogens with one attached hydrogen (secondary N) is 1. The van der Waals surface area contributed by atoms with E-state index >= 15 is 0 Å². The van der Waals surface area contributed by atoms with Crippen LogP contribution >= 0.6 is 0 Å². The number of hydrogen-bond acceptors (Lipinski definition) is 5. The molecule has 1 saturated heterocycles. The van der Waals surface area contributed by atoms with Crippen molar-refractivity contribution in [3.05, 3.63) is 18.5 Å². The molecule has 23 heavy (non-hydrogen) atoms. The molecule has 1 aromatic rings. The van der Waals surface area contributed by atoms with E-state index in [9.17, 15) is 18.0 Å². The molecule has 1 fully saturated rings. The second-order valence-corrected chi connectivity index (χ2v) is 5.39. The summed E-state index contributed by atoms with van der Waals surface area (Å²) in [6, 6.07) is 1.65. The molecular weight excluding hydrogens is 313 g/mol. The van der Waals surface area contributed by atoms with Crippen molar-refractivity contribution in [2.45, 2.75) is 38.1 Å². The summed E-state index contributed by atoms with van der Waals surface area (Å²) in [6.45, 7) is 1.24. The molecule has 128 valence electrons. The lowest BCUT2D eigenvalue weighted by atomic mass is 10.1. The lowest BCUT2D eigenvalue weighted by Gasteiger charge is -2.32. The van der Waals surface area contributed by atoms with E-state index in [1.54, 1.807) is 18.5 Å². The second-order valence-electron chi connectivity index (χ2n) is 5.39. The first kappa shape index (κ1) is 17.5. The molecule has 1 amide bonds. The quantitative estimate of drug-likeness (QED) is 0.886. The monoisotopic (exact) mass is 332 g/mol. The molecule has 1 aromatic heterocycles. The van der Waals surface area contributed by atoms with Crippen molar-refractivity contribution in [2.75, 3.05) is 24.6 Å². The topological polar surface area (TPSA) is 67.3 Å². The summed E-state index contributed by atoms with van der Waals surface area (Å²) in [5, 5.41) is 2.73. The Morgan fingerprint density at radius 3 is 2.57 bits per heavy atom. The first-order chi connectivity index (χ1) is 10.8. The second kappa shape index (κ2) is 7.58. The van der Waals surface area contributed by atoms with Gasteiger partial charge in [-0.1, -0.05) is 0 Å². The number of rotatable bonds is 5. The summed E-state index contributed by atoms with van der Waals surface area (Å²) >= 11 is 0. The number of halogens is 3. The van der Waals surface area contributed by atoms with E-state index in [4.69, 9.17) is 0 Å². The summed E-state index contributed by atoms with van der Waals surface area (Å²) < 4.78 is 40.7. The Kier molecular flexibility index (Phi) is 5.75. The van der Waals surface area contributed by atoms with E-state index in [1.165, 1.54) is 6.92 Å². The molecule has 1 N–H and O–H groups in total. The van der Waals surface area contributed by atoms with Gasteiger partial charge in [0.1, 0.15) is 12.7 Å². The number of alkyl halides is 3. The summed E-state index contributed by atoms with van der Waals surface area (Å²) in [5.41, 5.74) is 0. The van der Waals surface area contributed by atoms with Gasteiger partial charge in [0.05, 0.1) is 0 Å². The fourth-order valence-corrected chi connectivity index (χ4v) is 2.29. The molecule has 0 saturated carbocycles. The predicted octanol–water partition coefficient (Wildman–Crippen LogP) is 1.53. The van der Waals surface area contributed by atoms with Gasteiger partial charge in [-0.3, -0.25) is 4.79 Å². The molecule has 0 aromatic carbocycles. The van der Waals surface area contributed by atoms with E-state index in [-0.39, 0.29) is 6.04 Å². The van der Waals surface area contributed by atoms with Gasteiger partial charge in [-0.2, -0.15) is 13.2 Å². The van der Waals surface area contributed by atoms with Crippen LogP contribution in [-0.2, 0) is 9.53 Å². The lowest BCUT2D eigenvalue weighted by molar-refractivity contribution is -0.185. The minimum Gasteiger partial charge on any atom is -0.359 e. The molecule has 1 aliphatic rings. The van der Waals surface area contributed by atoms with Gasteiger partial charge in [0, 0.05) is 31.5 Å². The largest absolute Gasteiger partial charge is 0.411 e. The average molecular weight is 332 g/mol. The molecule has 0 unspecified atom stereocenters. The number of carbonyl (C=O) groups is 1. The molecular formula is C14H19F3N4O2. The van der Waals surface area contributed by atoms with Crippen molar-refractivity contribution in [3.63, 3.8) is 0 Å². The number of anilines is 1. The summed E-state index contributed by atoms with van der Waals surface area (Å²) in [6.07, 6.45) is -0.889. The van der Waals surface area contributed by atoms with Crippen molar-refractivity contribution in [3.8, 4) is 0 Å². The third-order valence-corrected chi connectivity index (χ3v) is 3.54. The maximum atomic E-state index is 12.1. The Morgan fingerprint density at radius 1 is 1.39 bits per heavy atom. The summed E-state index contributed by atoms with van der Waals surface area (Å²) in [7, 11) is 0. The number of amides is 1. The highest BCUT2D eigenvalue weighted by atomic mass is 19.4. The number of ether oxygens (including phenoxy) is 1. The molecule has 0 bridgehead atoms. The number of carbonyl (C=O) groups excluding carboxylic acids is 1. The first-order valence-corrected chi connectivity index (χ1v) is 7.36. The molecule has 9 heteroatoms. The lowest BCUT2D eigenvalue weighted by Crippen LogP contribution is -2.48. The highest BCUT2D eigenvalue weighted by Crippen LogP contribution is 2.17. The third kappa shape index (κ3) is 5.66. The molecule has 1 aliphatic heterocycles. The van der Waals surface area contributed by atoms with Crippen LogP contribution in [0.1, 0.15) is 19.8 Å². The fraction of sp³-hybridized carbons (Fsp3) is 0.643. The van der Waals surface area contributed by atoms with Crippen LogP contribution < -0.4 is 10.2 Å². The van der Waals surface area contributed by atoms with E-state index in [2.05, 4.69) is 20.0 Å². The van der Waals surface area contributed by atoms with Gasteiger partial charge in [0.25, 0.3) is 0 Å². The van der Waals surface area contributed by atoms with Gasteiger partial charge in [0.15, 0.2) is 0 Å². The minimum atomic E-state index is -4.43. The molecule has 2 rings (SSSR count). The minimum absolute atomic E-state index is 0.0839. The maximum Gasteiger partial charge on any atom is 0.411 e. The number of piperidine rings is 1. The maximum absolute atomic E-state index is 12.1.